The molecule has 3 rings (SSSR count). The van der Waals surface area contributed by atoms with Crippen LogP contribution in [-0.2, 0) is 4.74 Å². The molecule has 3 nitrogen and oxygen atoms in total. The molecule has 0 aliphatic carbocycles. The molecule has 1 unspecified atom stereocenters. The third-order valence-electron chi connectivity index (χ3n) is 4.10. The molecule has 2 aromatic heterocycles. The van der Waals surface area contributed by atoms with E-state index in [0.29, 0.717) is 5.92 Å². The SMILES string of the molecule is Cc1nc2ccc(Br)cc2c2oc(C(C)OCCC(C)C)cc12. The van der Waals surface area contributed by atoms with Crippen molar-refractivity contribution >= 4 is 37.8 Å². The minimum absolute atomic E-state index is 0.0530. The van der Waals surface area contributed by atoms with Crippen LogP contribution in [0.1, 0.15) is 44.8 Å². The summed E-state index contributed by atoms with van der Waals surface area (Å²) in [5.74, 6) is 1.51. The summed E-state index contributed by atoms with van der Waals surface area (Å²) in [6, 6.07) is 8.14. The molecule has 0 saturated carbocycles. The molecule has 0 N–H and O–H groups in total. The van der Waals surface area contributed by atoms with Gasteiger partial charge in [0.1, 0.15) is 17.4 Å². The lowest BCUT2D eigenvalue weighted by molar-refractivity contribution is 0.0452. The number of ether oxygens (including phenoxy) is 1. The Bertz CT molecular complexity index is 838. The highest BCUT2D eigenvalue weighted by Gasteiger charge is 2.16. The van der Waals surface area contributed by atoms with Gasteiger partial charge in [-0.3, -0.25) is 4.98 Å². The van der Waals surface area contributed by atoms with Crippen LogP contribution >= 0.6 is 15.9 Å². The van der Waals surface area contributed by atoms with E-state index in [1.54, 1.807) is 0 Å². The molecular weight excluding hydrogens is 354 g/mol. The quantitative estimate of drug-likeness (QED) is 0.534. The Hall–Kier alpha value is -1.39. The molecule has 4 heteroatoms. The normalized spacial score (nSPS) is 13.3. The second kappa shape index (κ2) is 6.62. The molecule has 0 aliphatic rings. The summed E-state index contributed by atoms with van der Waals surface area (Å²) in [7, 11) is 0. The molecule has 122 valence electrons. The summed E-state index contributed by atoms with van der Waals surface area (Å²) in [5, 5.41) is 2.09. The van der Waals surface area contributed by atoms with E-state index in [1.165, 1.54) is 0 Å². The lowest BCUT2D eigenvalue weighted by Gasteiger charge is -2.11. The Labute approximate surface area is 145 Å². The van der Waals surface area contributed by atoms with E-state index < -0.39 is 0 Å². The van der Waals surface area contributed by atoms with Gasteiger partial charge in [-0.15, -0.1) is 0 Å². The van der Waals surface area contributed by atoms with Crippen LogP contribution in [0, 0.1) is 12.8 Å². The van der Waals surface area contributed by atoms with Crippen LogP contribution in [0.3, 0.4) is 0 Å². The van der Waals surface area contributed by atoms with Crippen molar-refractivity contribution < 1.29 is 9.15 Å². The standard InChI is InChI=1S/C19H22BrNO2/c1-11(2)7-8-22-13(4)18-10-15-12(3)21-17-6-5-14(20)9-16(17)19(15)23-18/h5-6,9-11,13H,7-8H2,1-4H3. The average molecular weight is 376 g/mol. The molecule has 2 heterocycles. The molecule has 0 saturated heterocycles. The van der Waals surface area contributed by atoms with Gasteiger partial charge in [0.15, 0.2) is 0 Å². The van der Waals surface area contributed by atoms with Crippen LogP contribution in [0.4, 0.5) is 0 Å². The summed E-state index contributed by atoms with van der Waals surface area (Å²) in [6.45, 7) is 9.22. The average Bonchev–Trinajstić information content (AvgIpc) is 2.94. The first-order valence-corrected chi connectivity index (χ1v) is 8.86. The van der Waals surface area contributed by atoms with Gasteiger partial charge >= 0.3 is 0 Å². The van der Waals surface area contributed by atoms with E-state index in [9.17, 15) is 0 Å². The highest BCUT2D eigenvalue weighted by Crippen LogP contribution is 2.33. The zero-order chi connectivity index (χ0) is 16.6. The third kappa shape index (κ3) is 3.43. The second-order valence-corrected chi connectivity index (χ2v) is 7.36. The highest BCUT2D eigenvalue weighted by atomic mass is 79.9. The van der Waals surface area contributed by atoms with Gasteiger partial charge in [0.2, 0.25) is 0 Å². The number of hydrogen-bond donors (Lipinski definition) is 0. The number of furan rings is 1. The molecule has 3 aromatic rings. The van der Waals surface area contributed by atoms with Gasteiger partial charge < -0.3 is 9.15 Å². The van der Waals surface area contributed by atoms with Gasteiger partial charge in [-0.05, 0) is 50.5 Å². The second-order valence-electron chi connectivity index (χ2n) is 6.45. The minimum atomic E-state index is -0.0530. The zero-order valence-corrected chi connectivity index (χ0v) is 15.6. The van der Waals surface area contributed by atoms with Crippen LogP contribution < -0.4 is 0 Å². The number of halogens is 1. The van der Waals surface area contributed by atoms with Crippen molar-refractivity contribution in [2.75, 3.05) is 6.61 Å². The monoisotopic (exact) mass is 375 g/mol. The molecule has 1 aromatic carbocycles. The molecule has 23 heavy (non-hydrogen) atoms. The lowest BCUT2D eigenvalue weighted by Crippen LogP contribution is -2.03. The summed E-state index contributed by atoms with van der Waals surface area (Å²) >= 11 is 3.53. The minimum Gasteiger partial charge on any atom is -0.458 e. The van der Waals surface area contributed by atoms with Crippen molar-refractivity contribution in [3.8, 4) is 0 Å². The number of aromatic nitrogens is 1. The Morgan fingerprint density at radius 2 is 1.96 bits per heavy atom. The Kier molecular flexibility index (Phi) is 4.74. The predicted octanol–water partition coefficient (Wildman–Crippen LogP) is 6.18. The Morgan fingerprint density at radius 3 is 2.70 bits per heavy atom. The van der Waals surface area contributed by atoms with Gasteiger partial charge in [0.25, 0.3) is 0 Å². The van der Waals surface area contributed by atoms with Crippen LogP contribution in [0.2, 0.25) is 0 Å². The Morgan fingerprint density at radius 1 is 1.17 bits per heavy atom. The number of aryl methyl sites for hydroxylation is 1. The number of pyridine rings is 1. The molecule has 0 bridgehead atoms. The molecule has 0 radical (unpaired) electrons. The van der Waals surface area contributed by atoms with E-state index in [2.05, 4.69) is 46.9 Å². The van der Waals surface area contributed by atoms with E-state index >= 15 is 0 Å². The molecular formula is C19H22BrNO2. The lowest BCUT2D eigenvalue weighted by atomic mass is 10.1. The van der Waals surface area contributed by atoms with E-state index in [0.717, 1.165) is 50.8 Å². The number of benzene rings is 1. The predicted molar refractivity (Wildman–Crippen MR) is 97.8 cm³/mol. The van der Waals surface area contributed by atoms with Crippen LogP contribution in [0.5, 0.6) is 0 Å². The van der Waals surface area contributed by atoms with E-state index in [1.807, 2.05) is 26.0 Å². The largest absolute Gasteiger partial charge is 0.458 e. The molecule has 0 aliphatic heterocycles. The molecule has 0 spiro atoms. The summed E-state index contributed by atoms with van der Waals surface area (Å²) in [5.41, 5.74) is 2.83. The fraction of sp³-hybridized carbons (Fsp3) is 0.421. The molecule has 1 atom stereocenters. The van der Waals surface area contributed by atoms with E-state index in [4.69, 9.17) is 9.15 Å². The summed E-state index contributed by atoms with van der Waals surface area (Å²) in [6.07, 6.45) is 1.00. The van der Waals surface area contributed by atoms with Gasteiger partial charge in [0.05, 0.1) is 5.52 Å². The summed E-state index contributed by atoms with van der Waals surface area (Å²) in [4.78, 5) is 4.68. The van der Waals surface area contributed by atoms with Gasteiger partial charge in [0, 0.05) is 27.5 Å². The van der Waals surface area contributed by atoms with Crippen LogP contribution in [-0.4, -0.2) is 11.6 Å². The number of nitrogens with zero attached hydrogens (tertiary/aromatic N) is 1. The molecule has 0 fully saturated rings. The smallest absolute Gasteiger partial charge is 0.145 e. The summed E-state index contributed by atoms with van der Waals surface area (Å²) < 4.78 is 13.1. The van der Waals surface area contributed by atoms with Crippen molar-refractivity contribution in [3.05, 3.63) is 40.2 Å². The van der Waals surface area contributed by atoms with Crippen molar-refractivity contribution in [3.63, 3.8) is 0 Å². The number of rotatable bonds is 5. The topological polar surface area (TPSA) is 35.3 Å². The van der Waals surface area contributed by atoms with E-state index in [-0.39, 0.29) is 6.10 Å². The van der Waals surface area contributed by atoms with Crippen molar-refractivity contribution in [2.45, 2.75) is 40.2 Å². The Balaban J connectivity index is 1.99. The fourth-order valence-corrected chi connectivity index (χ4v) is 3.03. The zero-order valence-electron chi connectivity index (χ0n) is 14.0. The van der Waals surface area contributed by atoms with Crippen molar-refractivity contribution in [1.29, 1.82) is 0 Å². The van der Waals surface area contributed by atoms with Crippen LogP contribution in [0.15, 0.2) is 33.2 Å². The maximum absolute atomic E-state index is 6.15. The molecule has 0 amide bonds. The van der Waals surface area contributed by atoms with Crippen LogP contribution in [0.25, 0.3) is 21.9 Å². The van der Waals surface area contributed by atoms with Gasteiger partial charge in [-0.2, -0.15) is 0 Å². The fourth-order valence-electron chi connectivity index (χ4n) is 2.67. The van der Waals surface area contributed by atoms with Gasteiger partial charge in [-0.1, -0.05) is 29.8 Å². The number of fused-ring (bicyclic) bond motifs is 3. The van der Waals surface area contributed by atoms with Crippen molar-refractivity contribution in [1.82, 2.24) is 4.98 Å². The maximum atomic E-state index is 6.15. The van der Waals surface area contributed by atoms with Gasteiger partial charge in [-0.25, -0.2) is 0 Å². The number of hydrogen-bond acceptors (Lipinski definition) is 3. The first-order valence-electron chi connectivity index (χ1n) is 8.06. The maximum Gasteiger partial charge on any atom is 0.145 e. The highest BCUT2D eigenvalue weighted by molar-refractivity contribution is 9.10. The first kappa shape index (κ1) is 16.5. The third-order valence-corrected chi connectivity index (χ3v) is 4.59. The van der Waals surface area contributed by atoms with Crippen molar-refractivity contribution in [2.24, 2.45) is 5.92 Å². The first-order chi connectivity index (χ1) is 11.0.